The van der Waals surface area contributed by atoms with Crippen molar-refractivity contribution in [2.75, 3.05) is 27.4 Å². The predicted octanol–water partition coefficient (Wildman–Crippen LogP) is 1.79. The highest BCUT2D eigenvalue weighted by Crippen LogP contribution is 2.36. The van der Waals surface area contributed by atoms with Gasteiger partial charge in [-0.05, 0) is 25.2 Å². The molecule has 0 aromatic heterocycles. The molecule has 3 nitrogen and oxygen atoms in total. The van der Waals surface area contributed by atoms with Gasteiger partial charge in [0.15, 0.2) is 0 Å². The first-order chi connectivity index (χ1) is 7.22. The fourth-order valence-corrected chi connectivity index (χ4v) is 1.97. The van der Waals surface area contributed by atoms with E-state index in [-0.39, 0.29) is 5.54 Å². The number of halogens is 1. The third-order valence-electron chi connectivity index (χ3n) is 2.85. The van der Waals surface area contributed by atoms with Crippen molar-refractivity contribution >= 4 is 11.6 Å². The molecule has 0 radical (unpaired) electrons. The molecule has 1 heterocycles. The Labute approximate surface area is 94.3 Å². The standard InChI is InChI=1S/C11H14ClNO2/c1-13-11(6-15-7-11)9-5-8(12)3-4-10(9)14-2/h3-5,13H,6-7H2,1-2H3. The fraction of sp³-hybridized carbons (Fsp3) is 0.455. The van der Waals surface area contributed by atoms with Gasteiger partial charge in [0.05, 0.1) is 25.9 Å². The Hall–Kier alpha value is -0.770. The number of hydrogen-bond donors (Lipinski definition) is 1. The molecule has 2 rings (SSSR count). The molecule has 1 aromatic rings. The van der Waals surface area contributed by atoms with E-state index in [4.69, 9.17) is 21.1 Å². The maximum atomic E-state index is 5.99. The minimum Gasteiger partial charge on any atom is -0.496 e. The van der Waals surface area contributed by atoms with Crippen LogP contribution in [0.4, 0.5) is 0 Å². The van der Waals surface area contributed by atoms with Gasteiger partial charge in [0, 0.05) is 10.6 Å². The normalized spacial score (nSPS) is 18.3. The van der Waals surface area contributed by atoms with Crippen LogP contribution in [-0.4, -0.2) is 27.4 Å². The number of likely N-dealkylation sites (N-methyl/N-ethyl adjacent to an activating group) is 1. The van der Waals surface area contributed by atoms with Gasteiger partial charge in [-0.25, -0.2) is 0 Å². The third kappa shape index (κ3) is 1.71. The molecule has 0 saturated carbocycles. The van der Waals surface area contributed by atoms with Gasteiger partial charge >= 0.3 is 0 Å². The number of ether oxygens (including phenoxy) is 2. The summed E-state index contributed by atoms with van der Waals surface area (Å²) < 4.78 is 10.6. The molecule has 1 aromatic carbocycles. The summed E-state index contributed by atoms with van der Waals surface area (Å²) in [5.41, 5.74) is 0.919. The Morgan fingerprint density at radius 3 is 2.67 bits per heavy atom. The number of nitrogens with one attached hydrogen (secondary N) is 1. The van der Waals surface area contributed by atoms with Crippen molar-refractivity contribution in [3.63, 3.8) is 0 Å². The molecule has 1 N–H and O–H groups in total. The fourth-order valence-electron chi connectivity index (χ4n) is 1.79. The Morgan fingerprint density at radius 2 is 2.20 bits per heavy atom. The number of methoxy groups -OCH3 is 1. The summed E-state index contributed by atoms with van der Waals surface area (Å²) in [5.74, 6) is 0.844. The molecule has 0 bridgehead atoms. The van der Waals surface area contributed by atoms with E-state index in [1.807, 2.05) is 25.2 Å². The second-order valence-corrected chi connectivity index (χ2v) is 4.11. The SMILES string of the molecule is CNC1(c2cc(Cl)ccc2OC)COC1. The maximum Gasteiger partial charge on any atom is 0.124 e. The Morgan fingerprint density at radius 1 is 1.47 bits per heavy atom. The molecule has 1 aliphatic rings. The highest BCUT2D eigenvalue weighted by Gasteiger charge is 2.41. The van der Waals surface area contributed by atoms with E-state index in [0.717, 1.165) is 11.3 Å². The molecule has 0 amide bonds. The van der Waals surface area contributed by atoms with E-state index in [1.54, 1.807) is 7.11 Å². The van der Waals surface area contributed by atoms with Crippen LogP contribution < -0.4 is 10.1 Å². The maximum absolute atomic E-state index is 5.99. The molecular formula is C11H14ClNO2. The minimum absolute atomic E-state index is 0.143. The Bertz CT molecular complexity index is 358. The van der Waals surface area contributed by atoms with Crippen molar-refractivity contribution in [1.82, 2.24) is 5.32 Å². The lowest BCUT2D eigenvalue weighted by molar-refractivity contribution is -0.0756. The van der Waals surface area contributed by atoms with Gasteiger partial charge < -0.3 is 14.8 Å². The van der Waals surface area contributed by atoms with Crippen molar-refractivity contribution in [3.8, 4) is 5.75 Å². The topological polar surface area (TPSA) is 30.5 Å². The van der Waals surface area contributed by atoms with Crippen LogP contribution in [0.1, 0.15) is 5.56 Å². The van der Waals surface area contributed by atoms with Crippen molar-refractivity contribution in [2.45, 2.75) is 5.54 Å². The van der Waals surface area contributed by atoms with Crippen LogP contribution in [0.3, 0.4) is 0 Å². The van der Waals surface area contributed by atoms with Crippen molar-refractivity contribution in [2.24, 2.45) is 0 Å². The summed E-state index contributed by atoms with van der Waals surface area (Å²) in [5, 5.41) is 3.98. The van der Waals surface area contributed by atoms with Crippen LogP contribution in [-0.2, 0) is 10.3 Å². The molecular weight excluding hydrogens is 214 g/mol. The van der Waals surface area contributed by atoms with Gasteiger partial charge in [0.2, 0.25) is 0 Å². The van der Waals surface area contributed by atoms with Gasteiger partial charge in [0.25, 0.3) is 0 Å². The molecule has 4 heteroatoms. The van der Waals surface area contributed by atoms with E-state index in [9.17, 15) is 0 Å². The lowest BCUT2D eigenvalue weighted by Crippen LogP contribution is -2.56. The monoisotopic (exact) mass is 227 g/mol. The van der Waals surface area contributed by atoms with Crippen molar-refractivity contribution < 1.29 is 9.47 Å². The van der Waals surface area contributed by atoms with Crippen LogP contribution >= 0.6 is 11.6 Å². The second-order valence-electron chi connectivity index (χ2n) is 3.67. The second kappa shape index (κ2) is 4.00. The van der Waals surface area contributed by atoms with Crippen LogP contribution in [0, 0.1) is 0 Å². The zero-order valence-electron chi connectivity index (χ0n) is 8.84. The first kappa shape index (κ1) is 10.7. The number of hydrogen-bond acceptors (Lipinski definition) is 3. The lowest BCUT2D eigenvalue weighted by Gasteiger charge is -2.42. The number of benzene rings is 1. The zero-order valence-corrected chi connectivity index (χ0v) is 9.60. The van der Waals surface area contributed by atoms with Crippen LogP contribution in [0.15, 0.2) is 18.2 Å². The summed E-state index contributed by atoms with van der Waals surface area (Å²) >= 11 is 5.99. The van der Waals surface area contributed by atoms with E-state index < -0.39 is 0 Å². The molecule has 0 unspecified atom stereocenters. The smallest absolute Gasteiger partial charge is 0.124 e. The summed E-state index contributed by atoms with van der Waals surface area (Å²) in [7, 11) is 3.58. The summed E-state index contributed by atoms with van der Waals surface area (Å²) in [6, 6.07) is 5.64. The average molecular weight is 228 g/mol. The molecule has 0 spiro atoms. The molecule has 15 heavy (non-hydrogen) atoms. The van der Waals surface area contributed by atoms with E-state index >= 15 is 0 Å². The van der Waals surface area contributed by atoms with Crippen LogP contribution in [0.25, 0.3) is 0 Å². The van der Waals surface area contributed by atoms with Crippen molar-refractivity contribution in [1.29, 1.82) is 0 Å². The Balaban J connectivity index is 2.44. The van der Waals surface area contributed by atoms with E-state index in [1.165, 1.54) is 0 Å². The largest absolute Gasteiger partial charge is 0.496 e. The van der Waals surface area contributed by atoms with Gasteiger partial charge in [0.1, 0.15) is 5.75 Å². The van der Waals surface area contributed by atoms with Gasteiger partial charge in [-0.3, -0.25) is 0 Å². The molecule has 1 aliphatic heterocycles. The summed E-state index contributed by atoms with van der Waals surface area (Å²) in [4.78, 5) is 0. The van der Waals surface area contributed by atoms with Gasteiger partial charge in [-0.1, -0.05) is 11.6 Å². The lowest BCUT2D eigenvalue weighted by atomic mass is 9.87. The van der Waals surface area contributed by atoms with E-state index in [0.29, 0.717) is 18.2 Å². The first-order valence-electron chi connectivity index (χ1n) is 4.82. The Kier molecular flexibility index (Phi) is 2.87. The first-order valence-corrected chi connectivity index (χ1v) is 5.20. The van der Waals surface area contributed by atoms with Gasteiger partial charge in [-0.2, -0.15) is 0 Å². The summed E-state index contributed by atoms with van der Waals surface area (Å²) in [6.45, 7) is 1.31. The molecule has 82 valence electrons. The van der Waals surface area contributed by atoms with E-state index in [2.05, 4.69) is 5.32 Å². The quantitative estimate of drug-likeness (QED) is 0.854. The molecule has 1 fully saturated rings. The third-order valence-corrected chi connectivity index (χ3v) is 3.09. The average Bonchev–Trinajstić information content (AvgIpc) is 2.17. The minimum atomic E-state index is -0.143. The summed E-state index contributed by atoms with van der Waals surface area (Å²) in [6.07, 6.45) is 0. The molecule has 0 aliphatic carbocycles. The molecule has 0 atom stereocenters. The molecule has 1 saturated heterocycles. The zero-order chi connectivity index (χ0) is 10.9. The number of rotatable bonds is 3. The highest BCUT2D eigenvalue weighted by molar-refractivity contribution is 6.30. The van der Waals surface area contributed by atoms with Crippen LogP contribution in [0.5, 0.6) is 5.75 Å². The van der Waals surface area contributed by atoms with Crippen LogP contribution in [0.2, 0.25) is 5.02 Å². The van der Waals surface area contributed by atoms with Crippen molar-refractivity contribution in [3.05, 3.63) is 28.8 Å². The predicted molar refractivity (Wildman–Crippen MR) is 59.6 cm³/mol. The highest BCUT2D eigenvalue weighted by atomic mass is 35.5. The van der Waals surface area contributed by atoms with Gasteiger partial charge in [-0.15, -0.1) is 0 Å².